The predicted octanol–water partition coefficient (Wildman–Crippen LogP) is 3.19. The largest absolute Gasteiger partial charge is 0.481 e. The van der Waals surface area contributed by atoms with Gasteiger partial charge in [0.25, 0.3) is 0 Å². The molecule has 0 saturated carbocycles. The molecule has 1 saturated heterocycles. The van der Waals surface area contributed by atoms with Gasteiger partial charge in [0.05, 0.1) is 5.92 Å². The number of amides is 2. The standard InChI is InChI=1S/C15H15ClN4O3S/c16-11-5-1-3-9(7-11)12-17-14(24-19-12)18-15(23)20-6-2-4-10(8-20)13(21)22/h1,3,5,7,10H,2,4,6,8H2,(H,21,22)(H,17,18,19,23). The van der Waals surface area contributed by atoms with Gasteiger partial charge in [-0.1, -0.05) is 23.7 Å². The molecule has 24 heavy (non-hydrogen) atoms. The van der Waals surface area contributed by atoms with Crippen LogP contribution in [0.4, 0.5) is 9.93 Å². The van der Waals surface area contributed by atoms with E-state index in [2.05, 4.69) is 14.7 Å². The van der Waals surface area contributed by atoms with Crippen molar-refractivity contribution in [3.8, 4) is 11.4 Å². The third kappa shape index (κ3) is 3.82. The van der Waals surface area contributed by atoms with Crippen molar-refractivity contribution in [1.29, 1.82) is 0 Å². The molecule has 3 rings (SSSR count). The van der Waals surface area contributed by atoms with Gasteiger partial charge in [-0.3, -0.25) is 10.1 Å². The molecule has 0 spiro atoms. The molecule has 1 aliphatic heterocycles. The third-order valence-corrected chi connectivity index (χ3v) is 4.65. The number of hydrogen-bond acceptors (Lipinski definition) is 5. The fraction of sp³-hybridized carbons (Fsp3) is 0.333. The van der Waals surface area contributed by atoms with Crippen LogP contribution in [0.5, 0.6) is 0 Å². The summed E-state index contributed by atoms with van der Waals surface area (Å²) in [5.74, 6) is -0.896. The molecule has 9 heteroatoms. The summed E-state index contributed by atoms with van der Waals surface area (Å²) in [6.45, 7) is 0.747. The van der Waals surface area contributed by atoms with Crippen LogP contribution in [0.3, 0.4) is 0 Å². The zero-order chi connectivity index (χ0) is 17.1. The van der Waals surface area contributed by atoms with Gasteiger partial charge >= 0.3 is 12.0 Å². The average molecular weight is 367 g/mol. The van der Waals surface area contributed by atoms with E-state index < -0.39 is 11.9 Å². The Balaban J connectivity index is 1.66. The molecular formula is C15H15ClN4O3S. The minimum absolute atomic E-state index is 0.209. The number of halogens is 1. The predicted molar refractivity (Wildman–Crippen MR) is 91.3 cm³/mol. The smallest absolute Gasteiger partial charge is 0.323 e. The highest BCUT2D eigenvalue weighted by Gasteiger charge is 2.28. The van der Waals surface area contributed by atoms with Crippen molar-refractivity contribution in [2.75, 3.05) is 18.4 Å². The summed E-state index contributed by atoms with van der Waals surface area (Å²) in [5.41, 5.74) is 0.767. The Labute approximate surface area is 147 Å². The number of nitrogens with one attached hydrogen (secondary N) is 1. The maximum atomic E-state index is 12.3. The molecule has 0 bridgehead atoms. The van der Waals surface area contributed by atoms with Crippen molar-refractivity contribution in [3.05, 3.63) is 29.3 Å². The zero-order valence-corrected chi connectivity index (χ0v) is 14.2. The Kier molecular flexibility index (Phi) is 4.96. The average Bonchev–Trinajstić information content (AvgIpc) is 3.03. The lowest BCUT2D eigenvalue weighted by Gasteiger charge is -2.30. The number of rotatable bonds is 3. The number of aromatic nitrogens is 2. The van der Waals surface area contributed by atoms with Crippen LogP contribution in [-0.2, 0) is 4.79 Å². The first-order valence-corrected chi connectivity index (χ1v) is 8.56. The van der Waals surface area contributed by atoms with E-state index in [9.17, 15) is 9.59 Å². The number of anilines is 1. The van der Waals surface area contributed by atoms with Crippen molar-refractivity contribution in [3.63, 3.8) is 0 Å². The van der Waals surface area contributed by atoms with Crippen LogP contribution in [0.15, 0.2) is 24.3 Å². The lowest BCUT2D eigenvalue weighted by molar-refractivity contribution is -0.143. The molecule has 1 aromatic carbocycles. The lowest BCUT2D eigenvalue weighted by Crippen LogP contribution is -2.44. The first kappa shape index (κ1) is 16.7. The maximum Gasteiger partial charge on any atom is 0.323 e. The van der Waals surface area contributed by atoms with E-state index in [1.54, 1.807) is 18.2 Å². The first-order valence-electron chi connectivity index (χ1n) is 7.41. The van der Waals surface area contributed by atoms with Crippen LogP contribution >= 0.6 is 23.1 Å². The zero-order valence-electron chi connectivity index (χ0n) is 12.6. The van der Waals surface area contributed by atoms with Crippen molar-refractivity contribution >= 4 is 40.3 Å². The van der Waals surface area contributed by atoms with Crippen LogP contribution in [0.25, 0.3) is 11.4 Å². The van der Waals surface area contributed by atoms with Gasteiger partial charge in [0.2, 0.25) is 5.13 Å². The van der Waals surface area contributed by atoms with E-state index in [0.29, 0.717) is 35.4 Å². The van der Waals surface area contributed by atoms with Crippen LogP contribution in [0.2, 0.25) is 5.02 Å². The van der Waals surface area contributed by atoms with Crippen LogP contribution in [0, 0.1) is 5.92 Å². The number of carboxylic acid groups (broad SMARTS) is 1. The molecular weight excluding hydrogens is 352 g/mol. The normalized spacial score (nSPS) is 17.5. The minimum Gasteiger partial charge on any atom is -0.481 e. The van der Waals surface area contributed by atoms with E-state index in [0.717, 1.165) is 17.1 Å². The third-order valence-electron chi connectivity index (χ3n) is 3.78. The highest BCUT2D eigenvalue weighted by Crippen LogP contribution is 2.24. The second kappa shape index (κ2) is 7.14. The molecule has 1 aliphatic rings. The molecule has 1 aromatic heterocycles. The number of hydrogen-bond donors (Lipinski definition) is 2. The Morgan fingerprint density at radius 2 is 2.25 bits per heavy atom. The highest BCUT2D eigenvalue weighted by molar-refractivity contribution is 7.10. The molecule has 2 heterocycles. The number of urea groups is 1. The quantitative estimate of drug-likeness (QED) is 0.869. The van der Waals surface area contributed by atoms with Crippen LogP contribution in [-0.4, -0.2) is 44.5 Å². The number of piperidine rings is 1. The number of carbonyl (C=O) groups is 2. The van der Waals surface area contributed by atoms with Gasteiger partial charge in [-0.2, -0.15) is 9.36 Å². The number of carbonyl (C=O) groups excluding carboxylic acids is 1. The number of likely N-dealkylation sites (tertiary alicyclic amines) is 1. The molecule has 0 radical (unpaired) electrons. The van der Waals surface area contributed by atoms with E-state index >= 15 is 0 Å². The van der Waals surface area contributed by atoms with Gasteiger partial charge in [-0.05, 0) is 25.0 Å². The van der Waals surface area contributed by atoms with Gasteiger partial charge in [-0.25, -0.2) is 4.79 Å². The Hall–Kier alpha value is -2.19. The summed E-state index contributed by atoms with van der Waals surface area (Å²) >= 11 is 7.02. The van der Waals surface area contributed by atoms with Gasteiger partial charge in [0.1, 0.15) is 0 Å². The minimum atomic E-state index is -0.869. The number of aliphatic carboxylic acids is 1. The summed E-state index contributed by atoms with van der Waals surface area (Å²) in [6, 6.07) is 6.79. The van der Waals surface area contributed by atoms with Gasteiger partial charge < -0.3 is 10.0 Å². The molecule has 2 aromatic rings. The number of benzene rings is 1. The molecule has 2 amide bonds. The molecule has 126 valence electrons. The molecule has 1 atom stereocenters. The Morgan fingerprint density at radius 1 is 1.42 bits per heavy atom. The summed E-state index contributed by atoms with van der Waals surface area (Å²) < 4.78 is 4.21. The fourth-order valence-corrected chi connectivity index (χ4v) is 3.32. The van der Waals surface area contributed by atoms with Crippen molar-refractivity contribution in [2.24, 2.45) is 5.92 Å². The van der Waals surface area contributed by atoms with Crippen molar-refractivity contribution < 1.29 is 14.7 Å². The molecule has 1 unspecified atom stereocenters. The SMILES string of the molecule is O=C(O)C1CCCN(C(=O)Nc2nc(-c3cccc(Cl)c3)ns2)C1. The van der Waals surface area contributed by atoms with E-state index in [1.807, 2.05) is 6.07 Å². The molecule has 0 aliphatic carbocycles. The lowest BCUT2D eigenvalue weighted by atomic mass is 9.99. The van der Waals surface area contributed by atoms with E-state index in [4.69, 9.17) is 16.7 Å². The highest BCUT2D eigenvalue weighted by atomic mass is 35.5. The van der Waals surface area contributed by atoms with Crippen molar-refractivity contribution in [1.82, 2.24) is 14.3 Å². The number of carboxylic acids is 1. The first-order chi connectivity index (χ1) is 11.5. The maximum absolute atomic E-state index is 12.3. The molecule has 1 fully saturated rings. The van der Waals surface area contributed by atoms with E-state index in [1.165, 1.54) is 4.90 Å². The fourth-order valence-electron chi connectivity index (χ4n) is 2.55. The molecule has 2 N–H and O–H groups in total. The van der Waals surface area contributed by atoms with Crippen LogP contribution in [0.1, 0.15) is 12.8 Å². The summed E-state index contributed by atoms with van der Waals surface area (Å²) in [5, 5.41) is 12.7. The van der Waals surface area contributed by atoms with Crippen LogP contribution < -0.4 is 5.32 Å². The molecule has 7 nitrogen and oxygen atoms in total. The Bertz CT molecular complexity index is 767. The number of nitrogens with zero attached hydrogens (tertiary/aromatic N) is 3. The summed E-state index contributed by atoms with van der Waals surface area (Å²) in [6.07, 6.45) is 1.27. The Morgan fingerprint density at radius 3 is 3.00 bits per heavy atom. The van der Waals surface area contributed by atoms with Gasteiger partial charge in [0, 0.05) is 35.2 Å². The van der Waals surface area contributed by atoms with Gasteiger partial charge in [0.15, 0.2) is 5.82 Å². The van der Waals surface area contributed by atoms with E-state index in [-0.39, 0.29) is 12.6 Å². The second-order valence-electron chi connectivity index (χ2n) is 5.49. The summed E-state index contributed by atoms with van der Waals surface area (Å²) in [4.78, 5) is 29.1. The van der Waals surface area contributed by atoms with Gasteiger partial charge in [-0.15, -0.1) is 0 Å². The van der Waals surface area contributed by atoms with Crippen molar-refractivity contribution in [2.45, 2.75) is 12.8 Å². The monoisotopic (exact) mass is 366 g/mol. The topological polar surface area (TPSA) is 95.4 Å². The second-order valence-corrected chi connectivity index (χ2v) is 6.68. The summed E-state index contributed by atoms with van der Waals surface area (Å²) in [7, 11) is 0.